The number of hydrogen-bond acceptors (Lipinski definition) is 4. The maximum absolute atomic E-state index is 12.3. The number of likely N-dealkylation sites (tertiary alicyclic amines) is 1. The van der Waals surface area contributed by atoms with Gasteiger partial charge in [0, 0.05) is 30.1 Å². The third-order valence-electron chi connectivity index (χ3n) is 4.47. The summed E-state index contributed by atoms with van der Waals surface area (Å²) in [5.41, 5.74) is -0.501. The van der Waals surface area contributed by atoms with E-state index in [0.29, 0.717) is 44.3 Å². The van der Waals surface area contributed by atoms with Gasteiger partial charge in [0.1, 0.15) is 5.41 Å². The number of amides is 2. The minimum absolute atomic E-state index is 0.0384. The Morgan fingerprint density at radius 3 is 2.45 bits per heavy atom. The molecule has 1 aromatic heterocycles. The first-order valence-electron chi connectivity index (χ1n) is 7.39. The number of carboxylic acids is 1. The summed E-state index contributed by atoms with van der Waals surface area (Å²) >= 11 is 1.48. The Morgan fingerprint density at radius 2 is 1.95 bits per heavy atom. The van der Waals surface area contributed by atoms with Gasteiger partial charge in [-0.3, -0.25) is 14.4 Å². The Bertz CT molecular complexity index is 587. The van der Waals surface area contributed by atoms with Crippen molar-refractivity contribution in [3.63, 3.8) is 0 Å². The van der Waals surface area contributed by atoms with Crippen LogP contribution in [-0.4, -0.2) is 46.9 Å². The van der Waals surface area contributed by atoms with E-state index in [1.807, 2.05) is 5.38 Å². The minimum atomic E-state index is -1.16. The molecule has 1 aliphatic carbocycles. The summed E-state index contributed by atoms with van der Waals surface area (Å²) in [6.45, 7) is 1.00. The molecule has 0 spiro atoms. The molecule has 0 radical (unpaired) electrons. The van der Waals surface area contributed by atoms with E-state index in [1.165, 1.54) is 11.3 Å². The lowest BCUT2D eigenvalue weighted by Gasteiger charge is -2.33. The van der Waals surface area contributed by atoms with Gasteiger partial charge in [-0.2, -0.15) is 11.3 Å². The number of nitrogens with zero attached hydrogens (tertiary/aromatic N) is 1. The number of hydrogen-bond donors (Lipinski definition) is 2. The number of carbonyl (C=O) groups excluding carboxylic acids is 2. The first-order chi connectivity index (χ1) is 10.5. The molecule has 1 aliphatic heterocycles. The zero-order chi connectivity index (χ0) is 15.7. The van der Waals surface area contributed by atoms with E-state index < -0.39 is 11.4 Å². The zero-order valence-corrected chi connectivity index (χ0v) is 12.9. The Balaban J connectivity index is 1.52. The van der Waals surface area contributed by atoms with Crippen molar-refractivity contribution in [3.8, 4) is 0 Å². The first kappa shape index (κ1) is 15.0. The molecule has 0 bridgehead atoms. The molecular weight excluding hydrogens is 304 g/mol. The lowest BCUT2D eigenvalue weighted by atomic mass is 10.00. The topological polar surface area (TPSA) is 86.7 Å². The summed E-state index contributed by atoms with van der Waals surface area (Å²) in [7, 11) is 0. The van der Waals surface area contributed by atoms with Crippen molar-refractivity contribution in [2.24, 2.45) is 5.41 Å². The molecule has 1 aromatic rings. The van der Waals surface area contributed by atoms with Crippen LogP contribution in [-0.2, 0) is 9.59 Å². The number of aliphatic carboxylic acids is 1. The van der Waals surface area contributed by atoms with Gasteiger partial charge in [-0.1, -0.05) is 0 Å². The fourth-order valence-electron chi connectivity index (χ4n) is 2.84. The van der Waals surface area contributed by atoms with Crippen LogP contribution in [0.1, 0.15) is 36.0 Å². The van der Waals surface area contributed by atoms with E-state index in [2.05, 4.69) is 5.32 Å². The van der Waals surface area contributed by atoms with E-state index in [-0.39, 0.29) is 17.9 Å². The second-order valence-electron chi connectivity index (χ2n) is 5.94. The predicted octanol–water partition coefficient (Wildman–Crippen LogP) is 1.33. The Hall–Kier alpha value is -1.89. The van der Waals surface area contributed by atoms with E-state index in [1.54, 1.807) is 16.3 Å². The standard InChI is InChI=1S/C15H18N2O4S/c18-12(10-3-8-22-9-10)16-11-1-6-17(7-2-11)13(19)15(4-5-15)14(20)21/h3,8-9,11H,1-2,4-7H2,(H,16,18)(H,20,21). The Labute approximate surface area is 132 Å². The largest absolute Gasteiger partial charge is 0.480 e. The highest BCUT2D eigenvalue weighted by molar-refractivity contribution is 7.08. The van der Waals surface area contributed by atoms with E-state index >= 15 is 0 Å². The van der Waals surface area contributed by atoms with Crippen molar-refractivity contribution in [2.45, 2.75) is 31.7 Å². The van der Waals surface area contributed by atoms with Crippen molar-refractivity contribution in [3.05, 3.63) is 22.4 Å². The molecule has 2 aliphatic rings. The molecule has 0 atom stereocenters. The van der Waals surface area contributed by atoms with E-state index in [9.17, 15) is 19.5 Å². The molecular formula is C15H18N2O4S. The SMILES string of the molecule is O=C(NC1CCN(C(=O)C2(C(=O)O)CC2)CC1)c1ccsc1. The van der Waals surface area contributed by atoms with Crippen molar-refractivity contribution in [1.82, 2.24) is 10.2 Å². The molecule has 2 amide bonds. The average Bonchev–Trinajstić information content (AvgIpc) is 3.14. The lowest BCUT2D eigenvalue weighted by Crippen LogP contribution is -2.49. The molecule has 1 saturated carbocycles. The van der Waals surface area contributed by atoms with E-state index in [4.69, 9.17) is 0 Å². The minimum Gasteiger partial charge on any atom is -0.480 e. The Morgan fingerprint density at radius 1 is 1.27 bits per heavy atom. The molecule has 2 fully saturated rings. The van der Waals surface area contributed by atoms with Crippen molar-refractivity contribution in [2.75, 3.05) is 13.1 Å². The van der Waals surface area contributed by atoms with Crippen LogP contribution in [0.5, 0.6) is 0 Å². The second-order valence-corrected chi connectivity index (χ2v) is 6.72. The van der Waals surface area contributed by atoms with Crippen molar-refractivity contribution < 1.29 is 19.5 Å². The molecule has 7 heteroatoms. The fourth-order valence-corrected chi connectivity index (χ4v) is 3.47. The van der Waals surface area contributed by atoms with Gasteiger partial charge in [0.2, 0.25) is 5.91 Å². The van der Waals surface area contributed by atoms with Gasteiger partial charge in [0.15, 0.2) is 0 Å². The summed E-state index contributed by atoms with van der Waals surface area (Å²) in [4.78, 5) is 37.1. The molecule has 2 N–H and O–H groups in total. The maximum atomic E-state index is 12.3. The van der Waals surface area contributed by atoms with E-state index in [0.717, 1.165) is 0 Å². The van der Waals surface area contributed by atoms with Crippen LogP contribution < -0.4 is 5.32 Å². The molecule has 2 heterocycles. The summed E-state index contributed by atoms with van der Waals surface area (Å²) in [5.74, 6) is -1.36. The number of nitrogens with one attached hydrogen (secondary N) is 1. The third kappa shape index (κ3) is 2.72. The quantitative estimate of drug-likeness (QED) is 0.819. The highest BCUT2D eigenvalue weighted by Crippen LogP contribution is 2.47. The summed E-state index contributed by atoms with van der Waals surface area (Å²) < 4.78 is 0. The molecule has 0 unspecified atom stereocenters. The maximum Gasteiger partial charge on any atom is 0.319 e. The number of rotatable bonds is 4. The number of piperidine rings is 1. The van der Waals surface area contributed by atoms with Crippen LogP contribution in [0.15, 0.2) is 16.8 Å². The van der Waals surface area contributed by atoms with Gasteiger partial charge in [0.05, 0.1) is 0 Å². The highest BCUT2D eigenvalue weighted by atomic mass is 32.1. The van der Waals surface area contributed by atoms with Gasteiger partial charge >= 0.3 is 5.97 Å². The van der Waals surface area contributed by atoms with Gasteiger partial charge in [-0.05, 0) is 37.1 Å². The number of carbonyl (C=O) groups is 3. The molecule has 1 saturated heterocycles. The van der Waals surface area contributed by atoms with Crippen LogP contribution in [0.3, 0.4) is 0 Å². The molecule has 3 rings (SSSR count). The summed E-state index contributed by atoms with van der Waals surface area (Å²) in [6.07, 6.45) is 2.21. The number of thiophene rings is 1. The average molecular weight is 322 g/mol. The van der Waals surface area contributed by atoms with Crippen LogP contribution in [0.4, 0.5) is 0 Å². The van der Waals surface area contributed by atoms with Gasteiger partial charge in [0.25, 0.3) is 5.91 Å². The number of carboxylic acid groups (broad SMARTS) is 1. The second kappa shape index (κ2) is 5.72. The van der Waals surface area contributed by atoms with Crippen LogP contribution in [0.25, 0.3) is 0 Å². The molecule has 118 valence electrons. The van der Waals surface area contributed by atoms with Gasteiger partial charge in [-0.25, -0.2) is 0 Å². The highest BCUT2D eigenvalue weighted by Gasteiger charge is 2.58. The molecule has 22 heavy (non-hydrogen) atoms. The van der Waals surface area contributed by atoms with Gasteiger partial charge < -0.3 is 15.3 Å². The third-order valence-corrected chi connectivity index (χ3v) is 5.15. The van der Waals surface area contributed by atoms with Gasteiger partial charge in [-0.15, -0.1) is 0 Å². The first-order valence-corrected chi connectivity index (χ1v) is 8.33. The zero-order valence-electron chi connectivity index (χ0n) is 12.1. The van der Waals surface area contributed by atoms with Crippen molar-refractivity contribution >= 4 is 29.1 Å². The van der Waals surface area contributed by atoms with Crippen LogP contribution in [0, 0.1) is 5.41 Å². The van der Waals surface area contributed by atoms with Crippen molar-refractivity contribution in [1.29, 1.82) is 0 Å². The van der Waals surface area contributed by atoms with Crippen LogP contribution >= 0.6 is 11.3 Å². The van der Waals surface area contributed by atoms with Crippen LogP contribution in [0.2, 0.25) is 0 Å². The Kier molecular flexibility index (Phi) is 3.90. The molecule has 6 nitrogen and oxygen atoms in total. The normalized spacial score (nSPS) is 20.5. The fraction of sp³-hybridized carbons (Fsp3) is 0.533. The predicted molar refractivity (Wildman–Crippen MR) is 80.7 cm³/mol. The lowest BCUT2D eigenvalue weighted by molar-refractivity contribution is -0.153. The monoisotopic (exact) mass is 322 g/mol. The summed E-state index contributed by atoms with van der Waals surface area (Å²) in [5, 5.41) is 15.8. The smallest absolute Gasteiger partial charge is 0.319 e. The summed E-state index contributed by atoms with van der Waals surface area (Å²) in [6, 6.07) is 1.82. The molecule has 0 aromatic carbocycles.